The number of hydrogen-bond donors (Lipinski definition) is 3. The van der Waals surface area contributed by atoms with Crippen molar-refractivity contribution in [3.8, 4) is 0 Å². The zero-order valence-electron chi connectivity index (χ0n) is 38.8. The van der Waals surface area contributed by atoms with E-state index in [0.29, 0.717) is 37.3 Å². The molecule has 0 fully saturated rings. The Bertz CT molecular complexity index is 1700. The van der Waals surface area contributed by atoms with Crippen molar-refractivity contribution in [3.05, 3.63) is 47.8 Å². The molecule has 2 aromatic rings. The van der Waals surface area contributed by atoms with Gasteiger partial charge in [-0.25, -0.2) is 29.1 Å². The smallest absolute Gasteiger partial charge is 0.870 e. The van der Waals surface area contributed by atoms with Crippen molar-refractivity contribution in [2.45, 2.75) is 145 Å². The van der Waals surface area contributed by atoms with E-state index in [1.807, 2.05) is 53.7 Å². The largest absolute Gasteiger partial charge is 1.00 e. The Morgan fingerprint density at radius 2 is 1.05 bits per heavy atom. The average molecular weight is 853 g/mol. The van der Waals surface area contributed by atoms with E-state index in [1.54, 1.807) is 66.1 Å². The quantitative estimate of drug-likeness (QED) is 0.110. The number of ether oxygens (including phenoxy) is 3. The van der Waals surface area contributed by atoms with E-state index in [0.717, 1.165) is 11.1 Å². The van der Waals surface area contributed by atoms with Gasteiger partial charge in [0.2, 0.25) is 11.8 Å². The van der Waals surface area contributed by atoms with Gasteiger partial charge in [-0.15, -0.1) is 0 Å². The van der Waals surface area contributed by atoms with Gasteiger partial charge in [0.05, 0.1) is 7.11 Å². The molecule has 0 spiro atoms. The number of aliphatic carboxylic acids is 1. The van der Waals surface area contributed by atoms with Crippen LogP contribution < -0.4 is 39.3 Å². The second-order valence-corrected chi connectivity index (χ2v) is 17.2. The molecule has 4 N–H and O–H groups in total. The van der Waals surface area contributed by atoms with Crippen molar-refractivity contribution >= 4 is 47.6 Å². The predicted octanol–water partition coefficient (Wildman–Crippen LogP) is 3.97. The van der Waals surface area contributed by atoms with Crippen molar-refractivity contribution in [1.29, 1.82) is 0 Å². The molecule has 2 atom stereocenters. The summed E-state index contributed by atoms with van der Waals surface area (Å²) in [5.41, 5.74) is 0.587. The number of hydrogen-bond acceptors (Lipinski definition) is 12. The molecule has 2 heterocycles. The maximum atomic E-state index is 12.7. The molecule has 17 nitrogen and oxygen atoms in total. The third kappa shape index (κ3) is 25.0. The minimum absolute atomic E-state index is 0. The Morgan fingerprint density at radius 1 is 0.689 bits per heavy atom. The van der Waals surface area contributed by atoms with Crippen LogP contribution in [-0.4, -0.2) is 100.0 Å². The van der Waals surface area contributed by atoms with Crippen LogP contribution in [0.25, 0.3) is 0 Å². The van der Waals surface area contributed by atoms with Crippen LogP contribution in [0, 0.1) is 25.7 Å². The first-order valence-electron chi connectivity index (χ1n) is 20.1. The predicted molar refractivity (Wildman–Crippen MR) is 228 cm³/mol. The van der Waals surface area contributed by atoms with Crippen LogP contribution in [0.1, 0.15) is 119 Å². The van der Waals surface area contributed by atoms with Crippen molar-refractivity contribution < 1.29 is 72.4 Å². The first kappa shape index (κ1) is 58.4. The Balaban J connectivity index is 0. The molecule has 0 radical (unpaired) electrons. The van der Waals surface area contributed by atoms with Gasteiger partial charge in [-0.05, 0) is 128 Å². The number of amides is 4. The number of methoxy groups -OCH3 is 1. The molecule has 0 aromatic carbocycles. The summed E-state index contributed by atoms with van der Waals surface area (Å²) in [4.78, 5) is 84.4. The van der Waals surface area contributed by atoms with E-state index in [4.69, 9.17) is 14.2 Å². The number of aromatic nitrogens is 2. The van der Waals surface area contributed by atoms with Gasteiger partial charge in [-0.1, -0.05) is 27.7 Å². The molecule has 2 aromatic heterocycles. The molecule has 0 bridgehead atoms. The Morgan fingerprint density at radius 3 is 1.36 bits per heavy atom. The van der Waals surface area contributed by atoms with Crippen LogP contribution in [0.4, 0.5) is 21.2 Å². The van der Waals surface area contributed by atoms with Gasteiger partial charge in [0, 0.05) is 38.3 Å². The summed E-state index contributed by atoms with van der Waals surface area (Å²) >= 11 is 0. The molecule has 0 aliphatic carbocycles. The van der Waals surface area contributed by atoms with E-state index in [2.05, 4.69) is 20.6 Å². The molecule has 0 aliphatic heterocycles. The van der Waals surface area contributed by atoms with Gasteiger partial charge in [0.25, 0.3) is 0 Å². The molecule has 0 saturated heterocycles. The zero-order valence-corrected chi connectivity index (χ0v) is 38.8. The average Bonchev–Trinajstić information content (AvgIpc) is 3.09. The fraction of sp³-hybridized carbons (Fsp3) is 0.628. The van der Waals surface area contributed by atoms with Crippen LogP contribution >= 0.6 is 0 Å². The molecule has 4 amide bonds. The van der Waals surface area contributed by atoms with Crippen molar-refractivity contribution in [1.82, 2.24) is 20.6 Å². The van der Waals surface area contributed by atoms with Crippen LogP contribution in [0.5, 0.6) is 0 Å². The molecule has 0 saturated carbocycles. The number of carboxylic acids is 1. The second-order valence-electron chi connectivity index (χ2n) is 17.2. The molecule has 61 heavy (non-hydrogen) atoms. The fourth-order valence-electron chi connectivity index (χ4n) is 5.42. The standard InChI is InChI=1S/C22H35N3O5.C21H33N3O5.Li.H2O/c1-15(2)13-17(20(27)29-7)24-19(26)9-8-12-25(21(28)30-22(4,5)6)18-14-16(3)10-11-23-18;1-14(2)12-16(19(26)27)23-18(25)8-7-11-24(20(28)29-21(4,5)6)17-13-15(3)9-10-22-17;;/h10-11,14-15,17H,8-9,12-13H2,1-7H3,(H,24,26);9-10,13-14,16H,7-8,11-12H2,1-6H3,(H,23,25)(H,26,27);;1H2/q;;+1;/p-1/t17-;16-;;/m00../s1. The van der Waals surface area contributed by atoms with Crippen LogP contribution in [-0.2, 0) is 33.4 Å². The molecule has 0 unspecified atom stereocenters. The van der Waals surface area contributed by atoms with E-state index < -0.39 is 47.4 Å². The maximum absolute atomic E-state index is 12.7. The normalized spacial score (nSPS) is 11.9. The van der Waals surface area contributed by atoms with E-state index in [1.165, 1.54) is 16.9 Å². The monoisotopic (exact) mass is 853 g/mol. The van der Waals surface area contributed by atoms with Crippen molar-refractivity contribution in [3.63, 3.8) is 0 Å². The van der Waals surface area contributed by atoms with Crippen LogP contribution in [0.3, 0.4) is 0 Å². The molecule has 18 heteroatoms. The number of nitrogens with zero attached hydrogens (tertiary/aromatic N) is 4. The first-order chi connectivity index (χ1) is 27.3. The maximum Gasteiger partial charge on any atom is 1.00 e. The first-order valence-corrected chi connectivity index (χ1v) is 20.1. The Hall–Kier alpha value is -4.72. The molecule has 0 aliphatic rings. The zero-order chi connectivity index (χ0) is 45.1. The summed E-state index contributed by atoms with van der Waals surface area (Å²) < 4.78 is 15.7. The summed E-state index contributed by atoms with van der Waals surface area (Å²) in [5.74, 6) is -0.856. The van der Waals surface area contributed by atoms with Crippen LogP contribution in [0.2, 0.25) is 0 Å². The molecule has 2 rings (SSSR count). The topological polar surface area (TPSA) is 237 Å². The summed E-state index contributed by atoms with van der Waals surface area (Å²) in [5, 5.41) is 14.5. The van der Waals surface area contributed by atoms with Crippen molar-refractivity contribution in [2.75, 3.05) is 30.0 Å². The Labute approximate surface area is 373 Å². The van der Waals surface area contributed by atoms with Gasteiger partial charge in [-0.3, -0.25) is 19.4 Å². The second kappa shape index (κ2) is 28.0. The van der Waals surface area contributed by atoms with Gasteiger partial charge in [0.15, 0.2) is 0 Å². The summed E-state index contributed by atoms with van der Waals surface area (Å²) in [6, 6.07) is 5.63. The van der Waals surface area contributed by atoms with E-state index >= 15 is 0 Å². The number of nitrogens with one attached hydrogen (secondary N) is 2. The number of pyridine rings is 2. The van der Waals surface area contributed by atoms with E-state index in [-0.39, 0.29) is 73.9 Å². The molecular weight excluding hydrogens is 783 g/mol. The Kier molecular flexibility index (Phi) is 26.8. The number of carbonyl (C=O) groups excluding carboxylic acids is 5. The SMILES string of the molecule is COC(=O)[C@H](CC(C)C)NC(=O)CCCN(C(=O)OC(C)(C)C)c1cc(C)ccn1.Cc1ccnc(N(CCCC(=O)N[C@@H](CC(C)C)C(=O)O)C(=O)OC(C)(C)C)c1.[Li+].[OH-]. The summed E-state index contributed by atoms with van der Waals surface area (Å²) in [7, 11) is 1.30. The number of rotatable bonds is 18. The van der Waals surface area contributed by atoms with Crippen LogP contribution in [0.15, 0.2) is 36.7 Å². The van der Waals surface area contributed by atoms with Gasteiger partial charge in [-0.2, -0.15) is 0 Å². The number of carboxylic acid groups (broad SMARTS) is 1. The summed E-state index contributed by atoms with van der Waals surface area (Å²) in [6.45, 7) is 22.7. The van der Waals surface area contributed by atoms with E-state index in [9.17, 15) is 33.9 Å². The number of anilines is 2. The van der Waals surface area contributed by atoms with Crippen molar-refractivity contribution in [2.24, 2.45) is 11.8 Å². The number of aryl methyl sites for hydroxylation is 2. The van der Waals surface area contributed by atoms with Gasteiger partial charge >= 0.3 is 43.0 Å². The third-order valence-electron chi connectivity index (χ3n) is 8.02. The minimum Gasteiger partial charge on any atom is -0.870 e. The number of esters is 1. The third-order valence-corrected chi connectivity index (χ3v) is 8.02. The molecule has 338 valence electrons. The fourth-order valence-corrected chi connectivity index (χ4v) is 5.42. The van der Waals surface area contributed by atoms with Gasteiger partial charge < -0.3 is 35.4 Å². The minimum atomic E-state index is -1.05. The summed E-state index contributed by atoms with van der Waals surface area (Å²) in [6.07, 6.45) is 4.00. The molecular formula is C43H69LiN6O11. The van der Waals surface area contributed by atoms with Gasteiger partial charge in [0.1, 0.15) is 34.9 Å². The number of carbonyl (C=O) groups is 6.